The molecule has 0 aromatic carbocycles. The van der Waals surface area contributed by atoms with Gasteiger partial charge in [-0.15, -0.1) is 0 Å². The van der Waals surface area contributed by atoms with Crippen LogP contribution >= 0.6 is 0 Å². The minimum absolute atomic E-state index is 0.0435. The molecule has 94 valence electrons. The van der Waals surface area contributed by atoms with Crippen molar-refractivity contribution in [1.29, 1.82) is 0 Å². The van der Waals surface area contributed by atoms with Crippen molar-refractivity contribution in [2.75, 3.05) is 19.8 Å². The minimum atomic E-state index is -0.630. The van der Waals surface area contributed by atoms with Crippen LogP contribution in [0.4, 0.5) is 5.69 Å². The maximum absolute atomic E-state index is 11.8. The molecule has 0 aliphatic carbocycles. The number of nitrogens with zero attached hydrogens (tertiary/aromatic N) is 3. The molecule has 1 amide bonds. The van der Waals surface area contributed by atoms with Crippen LogP contribution < -0.4 is 17.0 Å². The van der Waals surface area contributed by atoms with Gasteiger partial charge in [-0.3, -0.25) is 14.2 Å². The molecule has 7 heteroatoms. The summed E-state index contributed by atoms with van der Waals surface area (Å²) in [5.41, 5.74) is 4.30. The van der Waals surface area contributed by atoms with Crippen LogP contribution in [0.1, 0.15) is 6.92 Å². The van der Waals surface area contributed by atoms with Gasteiger partial charge in [-0.1, -0.05) is 0 Å². The smallest absolute Gasteiger partial charge is 0.331 e. The lowest BCUT2D eigenvalue weighted by Gasteiger charge is -2.13. The van der Waals surface area contributed by atoms with Crippen LogP contribution in [0.2, 0.25) is 0 Å². The highest BCUT2D eigenvalue weighted by atomic mass is 16.2. The predicted molar refractivity (Wildman–Crippen MR) is 63.7 cm³/mol. The van der Waals surface area contributed by atoms with Crippen LogP contribution in [0.15, 0.2) is 15.8 Å². The molecule has 0 saturated carbocycles. The predicted octanol–water partition coefficient (Wildman–Crippen LogP) is -1.30. The van der Waals surface area contributed by atoms with E-state index in [1.807, 2.05) is 0 Å². The molecule has 0 aliphatic rings. The summed E-state index contributed by atoms with van der Waals surface area (Å²) < 4.78 is 2.14. The lowest BCUT2D eigenvalue weighted by molar-refractivity contribution is -0.129. The zero-order valence-electron chi connectivity index (χ0n) is 10.1. The van der Waals surface area contributed by atoms with Crippen molar-refractivity contribution in [2.45, 2.75) is 20.0 Å². The fourth-order valence-electron chi connectivity index (χ4n) is 1.32. The molecule has 0 aliphatic heterocycles. The Balaban J connectivity index is 3.33. The number of anilines is 1. The lowest BCUT2D eigenvalue weighted by Crippen LogP contribution is -2.43. The highest BCUT2D eigenvalue weighted by Gasteiger charge is 2.13. The molecule has 0 atom stereocenters. The fourth-order valence-corrected chi connectivity index (χ4v) is 1.32. The average molecular weight is 240 g/mol. The number of carbonyl (C=O) groups is 1. The summed E-state index contributed by atoms with van der Waals surface area (Å²) in [7, 11) is 3.11. The van der Waals surface area contributed by atoms with E-state index in [1.54, 1.807) is 21.0 Å². The van der Waals surface area contributed by atoms with Gasteiger partial charge in [0.1, 0.15) is 12.2 Å². The Morgan fingerprint density at radius 1 is 1.41 bits per heavy atom. The van der Waals surface area contributed by atoms with Crippen molar-refractivity contribution in [3.63, 3.8) is 0 Å². The Hall–Kier alpha value is -2.05. The molecule has 1 rings (SSSR count). The molecule has 1 aromatic rings. The fraction of sp³-hybridized carbons (Fsp3) is 0.500. The lowest BCUT2D eigenvalue weighted by atomic mass is 10.4. The number of likely N-dealkylation sites (N-methyl/N-ethyl adjacent to an activating group) is 1. The third-order valence-corrected chi connectivity index (χ3v) is 2.40. The van der Waals surface area contributed by atoms with Gasteiger partial charge in [0.2, 0.25) is 5.91 Å². The van der Waals surface area contributed by atoms with Crippen molar-refractivity contribution in [3.05, 3.63) is 27.0 Å². The topological polar surface area (TPSA) is 90.3 Å². The number of rotatable bonds is 3. The van der Waals surface area contributed by atoms with Crippen LogP contribution in [0.5, 0.6) is 0 Å². The number of nitrogen functional groups attached to an aromatic ring is 1. The molecule has 7 nitrogen and oxygen atoms in total. The first-order chi connectivity index (χ1) is 7.88. The number of hydrogen-bond donors (Lipinski definition) is 1. The highest BCUT2D eigenvalue weighted by molar-refractivity contribution is 5.75. The van der Waals surface area contributed by atoms with Crippen molar-refractivity contribution >= 4 is 11.6 Å². The third kappa shape index (κ3) is 2.55. The number of aromatic nitrogens is 2. The summed E-state index contributed by atoms with van der Waals surface area (Å²) in [6.07, 6.45) is 1.29. The highest BCUT2D eigenvalue weighted by Crippen LogP contribution is 1.90. The SMILES string of the molecule is CCn1cc(N)c(=O)n(CC(=O)N(C)C)c1=O. The van der Waals surface area contributed by atoms with E-state index in [-0.39, 0.29) is 18.1 Å². The average Bonchev–Trinajstić information content (AvgIpc) is 2.28. The Morgan fingerprint density at radius 2 is 2.00 bits per heavy atom. The second-order valence-electron chi connectivity index (χ2n) is 3.83. The van der Waals surface area contributed by atoms with E-state index < -0.39 is 11.2 Å². The van der Waals surface area contributed by atoms with Gasteiger partial charge in [-0.05, 0) is 6.92 Å². The van der Waals surface area contributed by atoms with Crippen LogP contribution in [0.3, 0.4) is 0 Å². The first-order valence-electron chi connectivity index (χ1n) is 5.18. The molecular weight excluding hydrogens is 224 g/mol. The van der Waals surface area contributed by atoms with Crippen molar-refractivity contribution in [3.8, 4) is 0 Å². The molecule has 0 fully saturated rings. The summed E-state index contributed by atoms with van der Waals surface area (Å²) in [5, 5.41) is 0. The number of carbonyl (C=O) groups excluding carboxylic acids is 1. The number of nitrogens with two attached hydrogens (primary N) is 1. The second-order valence-corrected chi connectivity index (χ2v) is 3.83. The summed E-state index contributed by atoms with van der Waals surface area (Å²) in [6, 6.07) is 0. The summed E-state index contributed by atoms with van der Waals surface area (Å²) >= 11 is 0. The van der Waals surface area contributed by atoms with Gasteiger partial charge in [0.05, 0.1) is 0 Å². The molecule has 0 radical (unpaired) electrons. The number of aryl methyl sites for hydroxylation is 1. The first-order valence-corrected chi connectivity index (χ1v) is 5.18. The van der Waals surface area contributed by atoms with Gasteiger partial charge in [0, 0.05) is 26.8 Å². The zero-order valence-corrected chi connectivity index (χ0v) is 10.1. The van der Waals surface area contributed by atoms with Crippen LogP contribution in [0.25, 0.3) is 0 Å². The molecule has 0 unspecified atom stereocenters. The maximum Gasteiger partial charge on any atom is 0.331 e. The largest absolute Gasteiger partial charge is 0.393 e. The summed E-state index contributed by atoms with van der Waals surface area (Å²) in [6.45, 7) is 1.85. The van der Waals surface area contributed by atoms with E-state index in [2.05, 4.69) is 0 Å². The van der Waals surface area contributed by atoms with E-state index in [1.165, 1.54) is 15.7 Å². The molecule has 0 saturated heterocycles. The zero-order chi connectivity index (χ0) is 13.2. The number of amides is 1. The van der Waals surface area contributed by atoms with Gasteiger partial charge < -0.3 is 10.6 Å². The molecular formula is C10H16N4O3. The van der Waals surface area contributed by atoms with Gasteiger partial charge in [0.25, 0.3) is 5.56 Å². The Bertz CT molecular complexity index is 541. The first kappa shape index (κ1) is 13.0. The molecule has 0 spiro atoms. The van der Waals surface area contributed by atoms with E-state index in [9.17, 15) is 14.4 Å². The standard InChI is InChI=1S/C10H16N4O3/c1-4-13-5-7(11)9(16)14(10(13)17)6-8(15)12(2)3/h5H,4,6,11H2,1-3H3. The normalized spacial score (nSPS) is 10.3. The summed E-state index contributed by atoms with van der Waals surface area (Å²) in [4.78, 5) is 36.3. The van der Waals surface area contributed by atoms with Crippen molar-refractivity contribution in [2.24, 2.45) is 0 Å². The monoisotopic (exact) mass is 240 g/mol. The van der Waals surface area contributed by atoms with Crippen LogP contribution in [0, 0.1) is 0 Å². The Kier molecular flexibility index (Phi) is 3.72. The molecule has 2 N–H and O–H groups in total. The molecule has 1 aromatic heterocycles. The van der Waals surface area contributed by atoms with E-state index in [0.29, 0.717) is 6.54 Å². The van der Waals surface area contributed by atoms with Gasteiger partial charge in [-0.25, -0.2) is 9.36 Å². The van der Waals surface area contributed by atoms with Crippen molar-refractivity contribution in [1.82, 2.24) is 14.0 Å². The van der Waals surface area contributed by atoms with Crippen LogP contribution in [-0.4, -0.2) is 34.0 Å². The van der Waals surface area contributed by atoms with Crippen LogP contribution in [-0.2, 0) is 17.9 Å². The second kappa shape index (κ2) is 4.86. The van der Waals surface area contributed by atoms with E-state index >= 15 is 0 Å². The van der Waals surface area contributed by atoms with Crippen molar-refractivity contribution < 1.29 is 4.79 Å². The maximum atomic E-state index is 11.8. The molecule has 1 heterocycles. The summed E-state index contributed by atoms with van der Waals surface area (Å²) in [5.74, 6) is -0.336. The van der Waals surface area contributed by atoms with E-state index in [0.717, 1.165) is 4.57 Å². The Morgan fingerprint density at radius 3 is 2.47 bits per heavy atom. The van der Waals surface area contributed by atoms with Gasteiger partial charge in [0.15, 0.2) is 0 Å². The quantitative estimate of drug-likeness (QED) is 0.711. The minimum Gasteiger partial charge on any atom is -0.393 e. The van der Waals surface area contributed by atoms with E-state index in [4.69, 9.17) is 5.73 Å². The third-order valence-electron chi connectivity index (χ3n) is 2.40. The number of hydrogen-bond acceptors (Lipinski definition) is 4. The molecule has 17 heavy (non-hydrogen) atoms. The van der Waals surface area contributed by atoms with Gasteiger partial charge >= 0.3 is 5.69 Å². The van der Waals surface area contributed by atoms with Gasteiger partial charge in [-0.2, -0.15) is 0 Å². The molecule has 0 bridgehead atoms. The Labute approximate surface area is 98.1 Å².